The molecule has 0 bridgehead atoms. The van der Waals surface area contributed by atoms with Crippen LogP contribution in [0.3, 0.4) is 0 Å². The van der Waals surface area contributed by atoms with Crippen molar-refractivity contribution < 1.29 is 4.39 Å². The summed E-state index contributed by atoms with van der Waals surface area (Å²) in [6, 6.07) is 7.21. The molecule has 2 rings (SSSR count). The number of benzene rings is 1. The molecule has 0 aliphatic rings. The average Bonchev–Trinajstić information content (AvgIpc) is 2.94. The summed E-state index contributed by atoms with van der Waals surface area (Å²) < 4.78 is 13.3. The highest BCUT2D eigenvalue weighted by molar-refractivity contribution is 7.09. The predicted molar refractivity (Wildman–Crippen MR) is 77.7 cm³/mol. The molecule has 0 saturated carbocycles. The van der Waals surface area contributed by atoms with Crippen LogP contribution in [0.25, 0.3) is 0 Å². The van der Waals surface area contributed by atoms with Crippen molar-refractivity contribution in [1.29, 1.82) is 0 Å². The number of halogens is 1. The standard InChI is InChI=1S/C15H19FN2S/c1-3-13(11-6-5-7-12(16)10-11)18-14(4-2)15-17-8-9-19-15/h5-10,13-14,18H,3-4H2,1-2H3. The molecule has 0 saturated heterocycles. The van der Waals surface area contributed by atoms with Crippen LogP contribution in [0.5, 0.6) is 0 Å². The van der Waals surface area contributed by atoms with E-state index in [-0.39, 0.29) is 17.9 Å². The van der Waals surface area contributed by atoms with E-state index in [0.717, 1.165) is 23.4 Å². The molecular weight excluding hydrogens is 259 g/mol. The van der Waals surface area contributed by atoms with Crippen LogP contribution < -0.4 is 5.32 Å². The van der Waals surface area contributed by atoms with E-state index in [1.807, 2.05) is 17.6 Å². The second-order valence-corrected chi connectivity index (χ2v) is 5.44. The molecule has 0 amide bonds. The molecule has 1 N–H and O–H groups in total. The molecule has 2 aromatic rings. The summed E-state index contributed by atoms with van der Waals surface area (Å²) in [7, 11) is 0. The molecule has 1 aromatic carbocycles. The molecule has 102 valence electrons. The summed E-state index contributed by atoms with van der Waals surface area (Å²) in [5.74, 6) is -0.181. The molecule has 0 aliphatic heterocycles. The predicted octanol–water partition coefficient (Wildman–Crippen LogP) is 4.47. The van der Waals surface area contributed by atoms with E-state index in [4.69, 9.17) is 0 Å². The number of nitrogens with one attached hydrogen (secondary N) is 1. The minimum atomic E-state index is -0.181. The number of hydrogen-bond acceptors (Lipinski definition) is 3. The van der Waals surface area contributed by atoms with Gasteiger partial charge in [-0.3, -0.25) is 0 Å². The zero-order chi connectivity index (χ0) is 13.7. The Morgan fingerprint density at radius 1 is 1.26 bits per heavy atom. The molecular formula is C15H19FN2S. The van der Waals surface area contributed by atoms with Crippen molar-refractivity contribution in [2.45, 2.75) is 38.8 Å². The van der Waals surface area contributed by atoms with Crippen LogP contribution in [-0.2, 0) is 0 Å². The Morgan fingerprint density at radius 2 is 2.05 bits per heavy atom. The Labute approximate surface area is 117 Å². The molecule has 1 heterocycles. The van der Waals surface area contributed by atoms with Crippen LogP contribution in [0.4, 0.5) is 4.39 Å². The van der Waals surface area contributed by atoms with Gasteiger partial charge in [-0.15, -0.1) is 11.3 Å². The van der Waals surface area contributed by atoms with E-state index in [1.54, 1.807) is 23.5 Å². The van der Waals surface area contributed by atoms with Crippen molar-refractivity contribution >= 4 is 11.3 Å². The number of aromatic nitrogens is 1. The third-order valence-electron chi connectivity index (χ3n) is 3.22. The summed E-state index contributed by atoms with van der Waals surface area (Å²) in [5.41, 5.74) is 0.998. The molecule has 19 heavy (non-hydrogen) atoms. The van der Waals surface area contributed by atoms with Gasteiger partial charge in [0, 0.05) is 17.6 Å². The Balaban J connectivity index is 2.14. The number of thiazole rings is 1. The van der Waals surface area contributed by atoms with Gasteiger partial charge >= 0.3 is 0 Å². The van der Waals surface area contributed by atoms with Crippen molar-refractivity contribution in [3.63, 3.8) is 0 Å². The third-order valence-corrected chi connectivity index (χ3v) is 4.11. The van der Waals surface area contributed by atoms with Crippen LogP contribution in [0.1, 0.15) is 49.3 Å². The maximum absolute atomic E-state index is 13.3. The lowest BCUT2D eigenvalue weighted by Gasteiger charge is -2.23. The largest absolute Gasteiger partial charge is 0.301 e. The van der Waals surface area contributed by atoms with Gasteiger partial charge in [-0.2, -0.15) is 0 Å². The highest BCUT2D eigenvalue weighted by Gasteiger charge is 2.17. The Hall–Kier alpha value is -1.26. The topological polar surface area (TPSA) is 24.9 Å². The zero-order valence-electron chi connectivity index (χ0n) is 11.3. The van der Waals surface area contributed by atoms with Crippen molar-refractivity contribution in [2.75, 3.05) is 0 Å². The van der Waals surface area contributed by atoms with E-state index in [9.17, 15) is 4.39 Å². The smallest absolute Gasteiger partial charge is 0.123 e. The normalized spacial score (nSPS) is 14.3. The van der Waals surface area contributed by atoms with Crippen molar-refractivity contribution in [3.8, 4) is 0 Å². The fourth-order valence-electron chi connectivity index (χ4n) is 2.19. The maximum Gasteiger partial charge on any atom is 0.123 e. The molecule has 1 aromatic heterocycles. The first kappa shape index (κ1) is 14.2. The Bertz CT molecular complexity index is 499. The van der Waals surface area contributed by atoms with Gasteiger partial charge < -0.3 is 5.32 Å². The van der Waals surface area contributed by atoms with E-state index in [0.29, 0.717) is 0 Å². The van der Waals surface area contributed by atoms with E-state index in [1.165, 1.54) is 6.07 Å². The van der Waals surface area contributed by atoms with Crippen LogP contribution in [-0.4, -0.2) is 4.98 Å². The van der Waals surface area contributed by atoms with Gasteiger partial charge in [-0.25, -0.2) is 9.37 Å². The lowest BCUT2D eigenvalue weighted by molar-refractivity contribution is 0.423. The SMILES string of the molecule is CCC(NC(CC)c1nccs1)c1cccc(F)c1. The summed E-state index contributed by atoms with van der Waals surface area (Å²) in [5, 5.41) is 6.66. The van der Waals surface area contributed by atoms with Crippen molar-refractivity contribution in [1.82, 2.24) is 10.3 Å². The van der Waals surface area contributed by atoms with Crippen LogP contribution in [0, 0.1) is 5.82 Å². The van der Waals surface area contributed by atoms with Gasteiger partial charge in [0.15, 0.2) is 0 Å². The van der Waals surface area contributed by atoms with Crippen LogP contribution >= 0.6 is 11.3 Å². The van der Waals surface area contributed by atoms with Gasteiger partial charge in [-0.1, -0.05) is 26.0 Å². The highest BCUT2D eigenvalue weighted by Crippen LogP contribution is 2.25. The number of hydrogen-bond donors (Lipinski definition) is 1. The fraction of sp³-hybridized carbons (Fsp3) is 0.400. The summed E-state index contributed by atoms with van der Waals surface area (Å²) >= 11 is 1.66. The van der Waals surface area contributed by atoms with Gasteiger partial charge in [-0.05, 0) is 30.5 Å². The quantitative estimate of drug-likeness (QED) is 0.843. The minimum absolute atomic E-state index is 0.157. The van der Waals surface area contributed by atoms with Crippen LogP contribution in [0.2, 0.25) is 0 Å². The van der Waals surface area contributed by atoms with Crippen molar-refractivity contribution in [2.24, 2.45) is 0 Å². The highest BCUT2D eigenvalue weighted by atomic mass is 32.1. The first-order valence-electron chi connectivity index (χ1n) is 6.65. The molecule has 2 nitrogen and oxygen atoms in total. The monoisotopic (exact) mass is 278 g/mol. The van der Waals surface area contributed by atoms with Crippen LogP contribution in [0.15, 0.2) is 35.8 Å². The molecule has 0 radical (unpaired) electrons. The Kier molecular flexibility index (Phi) is 5.05. The van der Waals surface area contributed by atoms with Crippen molar-refractivity contribution in [3.05, 3.63) is 52.2 Å². The second-order valence-electron chi connectivity index (χ2n) is 4.51. The minimum Gasteiger partial charge on any atom is -0.301 e. The Morgan fingerprint density at radius 3 is 2.63 bits per heavy atom. The summed E-state index contributed by atoms with van der Waals surface area (Å²) in [4.78, 5) is 4.37. The average molecular weight is 278 g/mol. The number of nitrogens with zero attached hydrogens (tertiary/aromatic N) is 1. The first-order chi connectivity index (χ1) is 9.24. The summed E-state index contributed by atoms with van der Waals surface area (Å²) in [6.07, 6.45) is 3.72. The molecule has 4 heteroatoms. The zero-order valence-corrected chi connectivity index (χ0v) is 12.1. The first-order valence-corrected chi connectivity index (χ1v) is 7.53. The third kappa shape index (κ3) is 3.61. The van der Waals surface area contributed by atoms with Gasteiger partial charge in [0.1, 0.15) is 10.8 Å². The molecule has 2 unspecified atom stereocenters. The maximum atomic E-state index is 13.3. The van der Waals surface area contributed by atoms with E-state index >= 15 is 0 Å². The lowest BCUT2D eigenvalue weighted by Crippen LogP contribution is -2.25. The van der Waals surface area contributed by atoms with Gasteiger partial charge in [0.25, 0.3) is 0 Å². The second kappa shape index (κ2) is 6.78. The number of rotatable bonds is 6. The molecule has 0 fully saturated rings. The van der Waals surface area contributed by atoms with Gasteiger partial charge in [0.2, 0.25) is 0 Å². The van der Waals surface area contributed by atoms with E-state index < -0.39 is 0 Å². The van der Waals surface area contributed by atoms with Gasteiger partial charge in [0.05, 0.1) is 6.04 Å². The summed E-state index contributed by atoms with van der Waals surface area (Å²) in [6.45, 7) is 4.24. The molecule has 0 spiro atoms. The van der Waals surface area contributed by atoms with E-state index in [2.05, 4.69) is 24.1 Å². The molecule has 0 aliphatic carbocycles. The fourth-order valence-corrected chi connectivity index (χ4v) is 2.97. The lowest BCUT2D eigenvalue weighted by atomic mass is 10.0. The molecule has 2 atom stereocenters.